The summed E-state index contributed by atoms with van der Waals surface area (Å²) in [6.07, 6.45) is 0.684. The third-order valence-electron chi connectivity index (χ3n) is 5.97. The van der Waals surface area contributed by atoms with E-state index in [4.69, 9.17) is 19.2 Å². The van der Waals surface area contributed by atoms with Crippen LogP contribution in [0.3, 0.4) is 0 Å². The molecule has 0 bridgehead atoms. The van der Waals surface area contributed by atoms with E-state index in [1.807, 2.05) is 18.2 Å². The minimum Gasteiger partial charge on any atom is -0.497 e. The lowest BCUT2D eigenvalue weighted by Crippen LogP contribution is -2.48. The minimum absolute atomic E-state index is 0.269. The number of urea groups is 1. The van der Waals surface area contributed by atoms with Crippen LogP contribution in [0.1, 0.15) is 11.4 Å². The van der Waals surface area contributed by atoms with Crippen LogP contribution < -0.4 is 29.7 Å². The number of aromatic nitrogens is 2. The lowest BCUT2D eigenvalue weighted by atomic mass is 10.1. The smallest absolute Gasteiger partial charge is 0.319 e. The molecule has 4 rings (SSSR count). The van der Waals surface area contributed by atoms with Gasteiger partial charge in [0, 0.05) is 63.3 Å². The van der Waals surface area contributed by atoms with E-state index in [2.05, 4.69) is 30.9 Å². The molecule has 0 atom stereocenters. The van der Waals surface area contributed by atoms with Gasteiger partial charge in [0.1, 0.15) is 23.1 Å². The summed E-state index contributed by atoms with van der Waals surface area (Å²) in [7, 11) is 4.81. The number of amides is 2. The lowest BCUT2D eigenvalue weighted by Gasteiger charge is -2.34. The Kier molecular flexibility index (Phi) is 8.80. The van der Waals surface area contributed by atoms with Gasteiger partial charge in [-0.1, -0.05) is 12.1 Å². The van der Waals surface area contributed by atoms with E-state index in [0.29, 0.717) is 30.2 Å². The van der Waals surface area contributed by atoms with Crippen LogP contribution in [-0.2, 0) is 6.42 Å². The summed E-state index contributed by atoms with van der Waals surface area (Å²) in [4.78, 5) is 21.7. The van der Waals surface area contributed by atoms with Gasteiger partial charge < -0.3 is 29.7 Å². The van der Waals surface area contributed by atoms with Gasteiger partial charge in [-0.05, 0) is 29.8 Å². The molecule has 0 aliphatic carbocycles. The van der Waals surface area contributed by atoms with Gasteiger partial charge in [-0.2, -0.15) is 4.37 Å². The summed E-state index contributed by atoms with van der Waals surface area (Å²) < 4.78 is 20.4. The summed E-state index contributed by atoms with van der Waals surface area (Å²) in [5.74, 6) is 2.88. The molecule has 3 aromatic rings. The number of methoxy groups -OCH3 is 3. The van der Waals surface area contributed by atoms with Gasteiger partial charge in [-0.3, -0.25) is 4.90 Å². The van der Waals surface area contributed by atoms with Crippen LogP contribution >= 0.6 is 11.5 Å². The van der Waals surface area contributed by atoms with Gasteiger partial charge in [-0.15, -0.1) is 0 Å². The normalized spacial score (nSPS) is 13.8. The number of nitrogens with one attached hydrogen (secondary N) is 2. The third kappa shape index (κ3) is 6.76. The van der Waals surface area contributed by atoms with Crippen LogP contribution in [0, 0.1) is 0 Å². The molecular weight excluding hydrogens is 480 g/mol. The highest BCUT2D eigenvalue weighted by atomic mass is 32.1. The van der Waals surface area contributed by atoms with Crippen molar-refractivity contribution in [2.45, 2.75) is 6.42 Å². The molecule has 192 valence electrons. The van der Waals surface area contributed by atoms with Gasteiger partial charge in [0.2, 0.25) is 5.13 Å². The molecule has 11 heteroatoms. The summed E-state index contributed by atoms with van der Waals surface area (Å²) in [5.41, 5.74) is 1.72. The Labute approximate surface area is 215 Å². The number of piperazine rings is 1. The van der Waals surface area contributed by atoms with Crippen molar-refractivity contribution in [3.63, 3.8) is 0 Å². The van der Waals surface area contributed by atoms with Crippen LogP contribution in [-0.4, -0.2) is 80.9 Å². The van der Waals surface area contributed by atoms with E-state index in [-0.39, 0.29) is 6.03 Å². The van der Waals surface area contributed by atoms with E-state index < -0.39 is 0 Å². The van der Waals surface area contributed by atoms with Crippen LogP contribution in [0.25, 0.3) is 0 Å². The molecule has 0 unspecified atom stereocenters. The Balaban J connectivity index is 1.18. The number of hydrogen-bond donors (Lipinski definition) is 2. The first-order chi connectivity index (χ1) is 17.6. The summed E-state index contributed by atoms with van der Waals surface area (Å²) in [6.45, 7) is 4.89. The number of hydrogen-bond acceptors (Lipinski definition) is 9. The number of rotatable bonds is 10. The largest absolute Gasteiger partial charge is 0.497 e. The molecule has 0 spiro atoms. The maximum Gasteiger partial charge on any atom is 0.319 e. The molecule has 0 saturated carbocycles. The second-order valence-electron chi connectivity index (χ2n) is 8.30. The summed E-state index contributed by atoms with van der Waals surface area (Å²) in [5, 5.41) is 6.70. The van der Waals surface area contributed by atoms with Crippen LogP contribution in [0.5, 0.6) is 17.2 Å². The maximum atomic E-state index is 12.3. The second-order valence-corrected chi connectivity index (χ2v) is 9.03. The molecule has 0 radical (unpaired) electrons. The number of ether oxygens (including phenoxy) is 3. The molecule has 10 nitrogen and oxygen atoms in total. The van der Waals surface area contributed by atoms with E-state index >= 15 is 0 Å². The van der Waals surface area contributed by atoms with Gasteiger partial charge in [0.25, 0.3) is 0 Å². The number of benzene rings is 2. The molecule has 1 aromatic heterocycles. The van der Waals surface area contributed by atoms with Gasteiger partial charge in [0.05, 0.1) is 27.0 Å². The first-order valence-corrected chi connectivity index (χ1v) is 12.5. The molecule has 36 heavy (non-hydrogen) atoms. The zero-order valence-corrected chi connectivity index (χ0v) is 21.6. The SMILES string of the molecule is COc1cccc(Cc2nsc(N3CCN(CCNC(=O)Nc4ccc(OC)cc4OC)CC3)n2)c1. The third-order valence-corrected chi connectivity index (χ3v) is 6.78. The fraction of sp³-hybridized carbons (Fsp3) is 0.400. The number of carbonyl (C=O) groups excluding carboxylic acids is 1. The minimum atomic E-state index is -0.269. The number of nitrogens with zero attached hydrogens (tertiary/aromatic N) is 4. The molecule has 2 heterocycles. The predicted molar refractivity (Wildman–Crippen MR) is 141 cm³/mol. The number of anilines is 2. The van der Waals surface area contributed by atoms with Crippen LogP contribution in [0.2, 0.25) is 0 Å². The molecule has 1 saturated heterocycles. The van der Waals surface area contributed by atoms with Gasteiger partial charge in [0.15, 0.2) is 0 Å². The van der Waals surface area contributed by atoms with Crippen molar-refractivity contribution in [2.24, 2.45) is 0 Å². The Morgan fingerprint density at radius 3 is 2.53 bits per heavy atom. The number of carbonyl (C=O) groups is 1. The quantitative estimate of drug-likeness (QED) is 0.427. The molecule has 2 aromatic carbocycles. The average Bonchev–Trinajstić information content (AvgIpc) is 3.37. The van der Waals surface area contributed by atoms with E-state index in [1.165, 1.54) is 11.5 Å². The van der Waals surface area contributed by atoms with Crippen molar-refractivity contribution >= 4 is 28.4 Å². The van der Waals surface area contributed by atoms with Crippen molar-refractivity contribution in [3.8, 4) is 17.2 Å². The molecule has 1 aliphatic rings. The van der Waals surface area contributed by atoms with Crippen molar-refractivity contribution < 1.29 is 19.0 Å². The standard InChI is InChI=1S/C25H32N6O4S/c1-33-19-6-4-5-18(15-19)16-23-28-25(36-29-23)31-13-11-30(12-14-31)10-9-26-24(32)27-21-8-7-20(34-2)17-22(21)35-3/h4-8,15,17H,9-14,16H2,1-3H3,(H2,26,27,32). The second kappa shape index (κ2) is 12.4. The fourth-order valence-corrected chi connectivity index (χ4v) is 4.71. The Morgan fingerprint density at radius 1 is 1.00 bits per heavy atom. The average molecular weight is 513 g/mol. The Morgan fingerprint density at radius 2 is 1.78 bits per heavy atom. The van der Waals surface area contributed by atoms with Crippen molar-refractivity contribution in [2.75, 3.05) is 70.8 Å². The molecule has 1 aliphatic heterocycles. The van der Waals surface area contributed by atoms with E-state index in [0.717, 1.165) is 55.0 Å². The summed E-state index contributed by atoms with van der Waals surface area (Å²) >= 11 is 1.45. The highest BCUT2D eigenvalue weighted by Crippen LogP contribution is 2.29. The monoisotopic (exact) mass is 512 g/mol. The fourth-order valence-electron chi connectivity index (χ4n) is 3.97. The predicted octanol–water partition coefficient (Wildman–Crippen LogP) is 3.10. The van der Waals surface area contributed by atoms with Gasteiger partial charge in [-0.25, -0.2) is 9.78 Å². The first-order valence-electron chi connectivity index (χ1n) is 11.8. The molecule has 2 amide bonds. The topological polar surface area (TPSA) is 101 Å². The lowest BCUT2D eigenvalue weighted by molar-refractivity contribution is 0.240. The maximum absolute atomic E-state index is 12.3. The molecule has 1 fully saturated rings. The highest BCUT2D eigenvalue weighted by Gasteiger charge is 2.20. The first kappa shape index (κ1) is 25.5. The van der Waals surface area contributed by atoms with Crippen LogP contribution in [0.4, 0.5) is 15.6 Å². The highest BCUT2D eigenvalue weighted by molar-refractivity contribution is 7.09. The molecular formula is C25H32N6O4S. The van der Waals surface area contributed by atoms with E-state index in [9.17, 15) is 4.79 Å². The zero-order valence-electron chi connectivity index (χ0n) is 20.8. The Bertz CT molecular complexity index is 1150. The van der Waals surface area contributed by atoms with Crippen molar-refractivity contribution in [3.05, 3.63) is 53.9 Å². The molecule has 2 N–H and O–H groups in total. The zero-order chi connectivity index (χ0) is 25.3. The summed E-state index contributed by atoms with van der Waals surface area (Å²) in [6, 6.07) is 13.0. The van der Waals surface area contributed by atoms with Crippen molar-refractivity contribution in [1.82, 2.24) is 19.6 Å². The van der Waals surface area contributed by atoms with Gasteiger partial charge >= 0.3 is 6.03 Å². The van der Waals surface area contributed by atoms with Crippen LogP contribution in [0.15, 0.2) is 42.5 Å². The van der Waals surface area contributed by atoms with E-state index in [1.54, 1.807) is 39.5 Å². The van der Waals surface area contributed by atoms with Crippen molar-refractivity contribution in [1.29, 1.82) is 0 Å². The Hall–Kier alpha value is -3.57.